The number of likely N-dealkylation sites (tertiary alicyclic amines) is 1. The third-order valence-electron chi connectivity index (χ3n) is 5.46. The highest BCUT2D eigenvalue weighted by molar-refractivity contribution is 9.10. The van der Waals surface area contributed by atoms with Gasteiger partial charge < -0.3 is 9.73 Å². The van der Waals surface area contributed by atoms with Crippen LogP contribution in [0.4, 0.5) is 0 Å². The molecular weight excluding hydrogens is 468 g/mol. The second-order valence-electron chi connectivity index (χ2n) is 7.49. The minimum atomic E-state index is -0.395. The van der Waals surface area contributed by atoms with Crippen LogP contribution in [0.15, 0.2) is 62.2 Å². The summed E-state index contributed by atoms with van der Waals surface area (Å²) in [5, 5.41) is 4.08. The molecule has 1 fully saturated rings. The highest BCUT2D eigenvalue weighted by Gasteiger charge is 2.23. The first kappa shape index (κ1) is 21.1. The van der Waals surface area contributed by atoms with E-state index in [1.54, 1.807) is 18.2 Å². The number of nitrogens with zero attached hydrogens (tertiary/aromatic N) is 1. The Morgan fingerprint density at radius 3 is 2.57 bits per heavy atom. The van der Waals surface area contributed by atoms with Crippen molar-refractivity contribution in [2.75, 3.05) is 19.6 Å². The zero-order valence-corrected chi connectivity index (χ0v) is 18.7. The van der Waals surface area contributed by atoms with Crippen LogP contribution in [0.1, 0.15) is 41.4 Å². The molecule has 3 aromatic rings. The van der Waals surface area contributed by atoms with Gasteiger partial charge in [0.25, 0.3) is 5.91 Å². The van der Waals surface area contributed by atoms with Crippen molar-refractivity contribution >= 4 is 44.4 Å². The van der Waals surface area contributed by atoms with E-state index in [0.29, 0.717) is 22.5 Å². The lowest BCUT2D eigenvalue weighted by atomic mass is 10.0. The van der Waals surface area contributed by atoms with Crippen LogP contribution in [-0.2, 0) is 0 Å². The fourth-order valence-electron chi connectivity index (χ4n) is 3.89. The summed E-state index contributed by atoms with van der Waals surface area (Å²) < 4.78 is 6.48. The van der Waals surface area contributed by atoms with Crippen molar-refractivity contribution in [1.82, 2.24) is 10.2 Å². The number of rotatable bonds is 5. The van der Waals surface area contributed by atoms with Gasteiger partial charge in [0, 0.05) is 22.1 Å². The highest BCUT2D eigenvalue weighted by atomic mass is 79.9. The first-order valence-electron chi connectivity index (χ1n) is 10.0. The molecule has 1 atom stereocenters. The SMILES string of the molecule is O=C(NC[C@@H](c1ccc(Cl)cc1)N1CCCCC1)c1cc(=O)c2cc(Br)ccc2o1. The van der Waals surface area contributed by atoms with Gasteiger partial charge >= 0.3 is 0 Å². The lowest BCUT2D eigenvalue weighted by molar-refractivity contribution is 0.0897. The quantitative estimate of drug-likeness (QED) is 0.537. The van der Waals surface area contributed by atoms with Gasteiger partial charge in [0.1, 0.15) is 5.58 Å². The number of hydrogen-bond donors (Lipinski definition) is 1. The molecule has 1 aliphatic heterocycles. The average molecular weight is 490 g/mol. The molecule has 1 aromatic heterocycles. The van der Waals surface area contributed by atoms with Gasteiger partial charge in [-0.15, -0.1) is 0 Å². The molecule has 0 aliphatic carbocycles. The Balaban J connectivity index is 1.55. The maximum absolute atomic E-state index is 12.8. The fourth-order valence-corrected chi connectivity index (χ4v) is 4.38. The van der Waals surface area contributed by atoms with Crippen molar-refractivity contribution in [3.8, 4) is 0 Å². The van der Waals surface area contributed by atoms with Gasteiger partial charge in [-0.05, 0) is 61.8 Å². The van der Waals surface area contributed by atoms with Crippen molar-refractivity contribution in [3.05, 3.63) is 79.6 Å². The molecule has 0 saturated carbocycles. The number of amides is 1. The molecule has 1 N–H and O–H groups in total. The topological polar surface area (TPSA) is 62.6 Å². The van der Waals surface area contributed by atoms with E-state index in [4.69, 9.17) is 16.0 Å². The molecule has 0 spiro atoms. The van der Waals surface area contributed by atoms with Crippen LogP contribution in [0, 0.1) is 0 Å². The number of halogens is 2. The Kier molecular flexibility index (Phi) is 6.56. The molecule has 1 aliphatic rings. The van der Waals surface area contributed by atoms with E-state index < -0.39 is 5.91 Å². The Bertz CT molecular complexity index is 1110. The Labute approximate surface area is 188 Å². The molecule has 0 unspecified atom stereocenters. The summed E-state index contributed by atoms with van der Waals surface area (Å²) in [6.45, 7) is 2.40. The van der Waals surface area contributed by atoms with Gasteiger partial charge in [-0.1, -0.05) is 46.1 Å². The molecule has 0 bridgehead atoms. The Morgan fingerprint density at radius 2 is 1.83 bits per heavy atom. The van der Waals surface area contributed by atoms with Crippen molar-refractivity contribution in [1.29, 1.82) is 0 Å². The summed E-state index contributed by atoms with van der Waals surface area (Å²) in [7, 11) is 0. The molecule has 1 saturated heterocycles. The standard InChI is InChI=1S/C23H22BrClN2O3/c24-16-6-9-21-18(12-16)20(28)13-22(30-21)23(29)26-14-19(27-10-2-1-3-11-27)15-4-7-17(25)8-5-15/h4-9,12-13,19H,1-3,10-11,14H2,(H,26,29)/t19-/m0/s1. The second kappa shape index (κ2) is 9.33. The number of carbonyl (C=O) groups excluding carboxylic acids is 1. The van der Waals surface area contributed by atoms with Crippen LogP contribution in [-0.4, -0.2) is 30.4 Å². The zero-order chi connectivity index (χ0) is 21.1. The summed E-state index contributed by atoms with van der Waals surface area (Å²) >= 11 is 9.40. The zero-order valence-electron chi connectivity index (χ0n) is 16.4. The van der Waals surface area contributed by atoms with Crippen molar-refractivity contribution < 1.29 is 9.21 Å². The summed E-state index contributed by atoms with van der Waals surface area (Å²) in [6.07, 6.45) is 3.52. The van der Waals surface area contributed by atoms with Crippen LogP contribution in [0.3, 0.4) is 0 Å². The molecular formula is C23H22BrClN2O3. The van der Waals surface area contributed by atoms with Gasteiger partial charge in [0.05, 0.1) is 11.4 Å². The van der Waals surface area contributed by atoms with Gasteiger partial charge in [-0.3, -0.25) is 14.5 Å². The normalized spacial score (nSPS) is 15.8. The maximum atomic E-state index is 12.8. The predicted molar refractivity (Wildman–Crippen MR) is 122 cm³/mol. The van der Waals surface area contributed by atoms with E-state index in [0.717, 1.165) is 36.0 Å². The molecule has 4 rings (SSSR count). The number of benzene rings is 2. The third-order valence-corrected chi connectivity index (χ3v) is 6.20. The predicted octanol–water partition coefficient (Wildman–Crippen LogP) is 5.17. The van der Waals surface area contributed by atoms with E-state index in [1.807, 2.05) is 24.3 Å². The molecule has 1 amide bonds. The Morgan fingerprint density at radius 1 is 1.10 bits per heavy atom. The van der Waals surface area contributed by atoms with E-state index in [-0.39, 0.29) is 17.2 Å². The second-order valence-corrected chi connectivity index (χ2v) is 8.84. The number of fused-ring (bicyclic) bond motifs is 1. The van der Waals surface area contributed by atoms with Crippen molar-refractivity contribution in [2.45, 2.75) is 25.3 Å². The van der Waals surface area contributed by atoms with E-state index >= 15 is 0 Å². The summed E-state index contributed by atoms with van der Waals surface area (Å²) in [4.78, 5) is 27.6. The summed E-state index contributed by atoms with van der Waals surface area (Å²) in [5.74, 6) is -0.379. The van der Waals surface area contributed by atoms with Gasteiger partial charge in [-0.25, -0.2) is 0 Å². The monoisotopic (exact) mass is 488 g/mol. The minimum absolute atomic E-state index is 0.0170. The molecule has 5 nitrogen and oxygen atoms in total. The number of hydrogen-bond acceptors (Lipinski definition) is 4. The van der Waals surface area contributed by atoms with Gasteiger partial charge in [0.15, 0.2) is 11.2 Å². The summed E-state index contributed by atoms with van der Waals surface area (Å²) in [6, 6.07) is 14.2. The maximum Gasteiger partial charge on any atom is 0.287 e. The van der Waals surface area contributed by atoms with Crippen LogP contribution >= 0.6 is 27.5 Å². The van der Waals surface area contributed by atoms with Crippen LogP contribution in [0.25, 0.3) is 11.0 Å². The highest BCUT2D eigenvalue weighted by Crippen LogP contribution is 2.25. The van der Waals surface area contributed by atoms with E-state index in [2.05, 4.69) is 26.1 Å². The number of nitrogens with one attached hydrogen (secondary N) is 1. The first-order chi connectivity index (χ1) is 14.5. The lowest BCUT2D eigenvalue weighted by Gasteiger charge is -2.35. The third kappa shape index (κ3) is 4.77. The lowest BCUT2D eigenvalue weighted by Crippen LogP contribution is -2.40. The van der Waals surface area contributed by atoms with Crippen molar-refractivity contribution in [3.63, 3.8) is 0 Å². The molecule has 2 heterocycles. The van der Waals surface area contributed by atoms with E-state index in [9.17, 15) is 9.59 Å². The Hall–Kier alpha value is -2.15. The molecule has 30 heavy (non-hydrogen) atoms. The van der Waals surface area contributed by atoms with Crippen LogP contribution < -0.4 is 10.7 Å². The largest absolute Gasteiger partial charge is 0.451 e. The molecule has 2 aromatic carbocycles. The smallest absolute Gasteiger partial charge is 0.287 e. The number of piperidine rings is 1. The van der Waals surface area contributed by atoms with Crippen LogP contribution in [0.5, 0.6) is 0 Å². The van der Waals surface area contributed by atoms with Gasteiger partial charge in [0.2, 0.25) is 0 Å². The molecule has 0 radical (unpaired) electrons. The first-order valence-corrected chi connectivity index (χ1v) is 11.2. The average Bonchev–Trinajstić information content (AvgIpc) is 2.76. The molecule has 7 heteroatoms. The summed E-state index contributed by atoms with van der Waals surface area (Å²) in [5.41, 5.74) is 1.25. The minimum Gasteiger partial charge on any atom is -0.451 e. The van der Waals surface area contributed by atoms with Gasteiger partial charge in [-0.2, -0.15) is 0 Å². The van der Waals surface area contributed by atoms with Crippen LogP contribution in [0.2, 0.25) is 5.02 Å². The van der Waals surface area contributed by atoms with Crippen molar-refractivity contribution in [2.24, 2.45) is 0 Å². The van der Waals surface area contributed by atoms with E-state index in [1.165, 1.54) is 12.5 Å². The molecule has 156 valence electrons. The number of carbonyl (C=O) groups is 1. The fraction of sp³-hybridized carbons (Fsp3) is 0.304.